The van der Waals surface area contributed by atoms with Crippen LogP contribution in [0.1, 0.15) is 5.56 Å². The van der Waals surface area contributed by atoms with Gasteiger partial charge in [0.25, 0.3) is 0 Å². The van der Waals surface area contributed by atoms with Crippen molar-refractivity contribution in [1.82, 2.24) is 9.88 Å². The van der Waals surface area contributed by atoms with Gasteiger partial charge >= 0.3 is 0 Å². The maximum atomic E-state index is 4.12. The highest BCUT2D eigenvalue weighted by molar-refractivity contribution is 9.10. The topological polar surface area (TPSA) is 16.1 Å². The van der Waals surface area contributed by atoms with E-state index < -0.39 is 0 Å². The molecule has 0 N–H and O–H groups in total. The Hall–Kier alpha value is -0.410. The van der Waals surface area contributed by atoms with Crippen LogP contribution in [0.4, 0.5) is 0 Å². The first-order valence-electron chi connectivity index (χ1n) is 3.44. The third-order valence-electron chi connectivity index (χ3n) is 1.32. The molecule has 11 heavy (non-hydrogen) atoms. The van der Waals surface area contributed by atoms with E-state index in [1.54, 1.807) is 6.20 Å². The van der Waals surface area contributed by atoms with E-state index in [9.17, 15) is 0 Å². The van der Waals surface area contributed by atoms with E-state index in [-0.39, 0.29) is 0 Å². The number of pyridine rings is 1. The number of nitrogens with zero attached hydrogens (tertiary/aromatic N) is 2. The molecule has 0 atom stereocenters. The van der Waals surface area contributed by atoms with Crippen LogP contribution in [0.5, 0.6) is 0 Å². The van der Waals surface area contributed by atoms with Crippen LogP contribution in [0, 0.1) is 0 Å². The SMILES string of the molecule is CN(C)Cc1cccnc1Br. The molecule has 60 valence electrons. The lowest BCUT2D eigenvalue weighted by atomic mass is 10.3. The number of hydrogen-bond donors (Lipinski definition) is 0. The van der Waals surface area contributed by atoms with Crippen molar-refractivity contribution in [3.8, 4) is 0 Å². The molecule has 2 nitrogen and oxygen atoms in total. The molecule has 0 aliphatic rings. The zero-order valence-electron chi connectivity index (χ0n) is 6.71. The molecule has 0 amide bonds. The van der Waals surface area contributed by atoms with Crippen LogP contribution in [-0.4, -0.2) is 24.0 Å². The van der Waals surface area contributed by atoms with Crippen molar-refractivity contribution in [3.63, 3.8) is 0 Å². The standard InChI is InChI=1S/C8H11BrN2/c1-11(2)6-7-4-3-5-10-8(7)9/h3-5H,6H2,1-2H3. The second-order valence-electron chi connectivity index (χ2n) is 2.69. The van der Waals surface area contributed by atoms with Gasteiger partial charge in [0.05, 0.1) is 0 Å². The lowest BCUT2D eigenvalue weighted by Gasteiger charge is -2.09. The van der Waals surface area contributed by atoms with Gasteiger partial charge in [-0.15, -0.1) is 0 Å². The molecule has 1 rings (SSSR count). The highest BCUT2D eigenvalue weighted by atomic mass is 79.9. The Morgan fingerprint density at radius 1 is 1.55 bits per heavy atom. The molecular weight excluding hydrogens is 204 g/mol. The van der Waals surface area contributed by atoms with Gasteiger partial charge < -0.3 is 4.90 Å². The molecule has 0 saturated carbocycles. The minimum atomic E-state index is 0.925. The Labute approximate surface area is 75.4 Å². The van der Waals surface area contributed by atoms with E-state index in [0.29, 0.717) is 0 Å². The minimum absolute atomic E-state index is 0.925. The van der Waals surface area contributed by atoms with Gasteiger partial charge in [0.1, 0.15) is 4.60 Å². The quantitative estimate of drug-likeness (QED) is 0.700. The molecule has 0 saturated heterocycles. The Morgan fingerprint density at radius 3 is 2.82 bits per heavy atom. The summed E-state index contributed by atoms with van der Waals surface area (Å²) in [6.45, 7) is 0.925. The number of rotatable bonds is 2. The van der Waals surface area contributed by atoms with Crippen molar-refractivity contribution < 1.29 is 0 Å². The fraction of sp³-hybridized carbons (Fsp3) is 0.375. The van der Waals surface area contributed by atoms with Gasteiger partial charge in [0.15, 0.2) is 0 Å². The fourth-order valence-electron chi connectivity index (χ4n) is 0.878. The van der Waals surface area contributed by atoms with E-state index in [1.807, 2.05) is 20.2 Å². The Kier molecular flexibility index (Phi) is 3.02. The zero-order valence-corrected chi connectivity index (χ0v) is 8.30. The van der Waals surface area contributed by atoms with E-state index in [0.717, 1.165) is 11.1 Å². The summed E-state index contributed by atoms with van der Waals surface area (Å²) in [4.78, 5) is 6.24. The molecule has 0 unspecified atom stereocenters. The molecule has 0 aliphatic carbocycles. The van der Waals surface area contributed by atoms with Crippen LogP contribution >= 0.6 is 15.9 Å². The summed E-state index contributed by atoms with van der Waals surface area (Å²) < 4.78 is 0.939. The Balaban J connectivity index is 2.78. The van der Waals surface area contributed by atoms with Crippen molar-refractivity contribution in [1.29, 1.82) is 0 Å². The number of halogens is 1. The first-order chi connectivity index (χ1) is 5.20. The lowest BCUT2D eigenvalue weighted by molar-refractivity contribution is 0.401. The summed E-state index contributed by atoms with van der Waals surface area (Å²) in [6.07, 6.45) is 1.78. The van der Waals surface area contributed by atoms with Gasteiger partial charge in [-0.2, -0.15) is 0 Å². The van der Waals surface area contributed by atoms with Crippen LogP contribution in [0.25, 0.3) is 0 Å². The van der Waals surface area contributed by atoms with Crippen LogP contribution in [0.2, 0.25) is 0 Å². The van der Waals surface area contributed by atoms with Gasteiger partial charge in [0.2, 0.25) is 0 Å². The normalized spacial score (nSPS) is 10.5. The smallest absolute Gasteiger partial charge is 0.110 e. The molecule has 3 heteroatoms. The maximum absolute atomic E-state index is 4.12. The summed E-state index contributed by atoms with van der Waals surface area (Å²) >= 11 is 3.39. The van der Waals surface area contributed by atoms with Crippen LogP contribution in [0.3, 0.4) is 0 Å². The fourth-order valence-corrected chi connectivity index (χ4v) is 1.25. The van der Waals surface area contributed by atoms with Crippen molar-refractivity contribution in [2.24, 2.45) is 0 Å². The number of aromatic nitrogens is 1. The molecule has 1 aromatic rings. The van der Waals surface area contributed by atoms with Crippen LogP contribution < -0.4 is 0 Å². The first-order valence-corrected chi connectivity index (χ1v) is 4.23. The van der Waals surface area contributed by atoms with Crippen LogP contribution in [-0.2, 0) is 6.54 Å². The van der Waals surface area contributed by atoms with E-state index >= 15 is 0 Å². The summed E-state index contributed by atoms with van der Waals surface area (Å²) in [5, 5.41) is 0. The predicted octanol–water partition coefficient (Wildman–Crippen LogP) is 1.91. The second kappa shape index (κ2) is 3.83. The molecule has 0 fully saturated rings. The van der Waals surface area contributed by atoms with Crippen molar-refractivity contribution >= 4 is 15.9 Å². The van der Waals surface area contributed by atoms with Gasteiger partial charge in [-0.1, -0.05) is 6.07 Å². The monoisotopic (exact) mass is 214 g/mol. The van der Waals surface area contributed by atoms with Gasteiger partial charge in [-0.25, -0.2) is 4.98 Å². The highest BCUT2D eigenvalue weighted by Crippen LogP contribution is 2.13. The summed E-state index contributed by atoms with van der Waals surface area (Å²) in [6, 6.07) is 4.01. The van der Waals surface area contributed by atoms with Crippen molar-refractivity contribution in [2.75, 3.05) is 14.1 Å². The molecule has 1 heterocycles. The molecule has 0 bridgehead atoms. The zero-order chi connectivity index (χ0) is 8.27. The summed E-state index contributed by atoms with van der Waals surface area (Å²) in [7, 11) is 4.08. The molecule has 1 aromatic heterocycles. The highest BCUT2D eigenvalue weighted by Gasteiger charge is 1.99. The van der Waals surface area contributed by atoms with E-state index in [1.165, 1.54) is 5.56 Å². The molecule has 0 radical (unpaired) electrons. The average Bonchev–Trinajstić information content (AvgIpc) is 1.93. The second-order valence-corrected chi connectivity index (χ2v) is 3.44. The molecule has 0 aromatic carbocycles. The lowest BCUT2D eigenvalue weighted by Crippen LogP contribution is -2.11. The third kappa shape index (κ3) is 2.60. The first kappa shape index (κ1) is 8.68. The molecule has 0 spiro atoms. The minimum Gasteiger partial charge on any atom is -0.305 e. The predicted molar refractivity (Wildman–Crippen MR) is 49.3 cm³/mol. The van der Waals surface area contributed by atoms with Crippen LogP contribution in [0.15, 0.2) is 22.9 Å². The van der Waals surface area contributed by atoms with Crippen molar-refractivity contribution in [3.05, 3.63) is 28.5 Å². The number of hydrogen-bond acceptors (Lipinski definition) is 2. The van der Waals surface area contributed by atoms with Gasteiger partial charge in [0, 0.05) is 12.7 Å². The van der Waals surface area contributed by atoms with E-state index in [2.05, 4.69) is 31.9 Å². The summed E-state index contributed by atoms with van der Waals surface area (Å²) in [5.74, 6) is 0. The summed E-state index contributed by atoms with van der Waals surface area (Å²) in [5.41, 5.74) is 1.22. The average molecular weight is 215 g/mol. The Morgan fingerprint density at radius 2 is 2.27 bits per heavy atom. The molecule has 0 aliphatic heterocycles. The Bertz CT molecular complexity index is 235. The third-order valence-corrected chi connectivity index (χ3v) is 2.04. The maximum Gasteiger partial charge on any atom is 0.110 e. The van der Waals surface area contributed by atoms with Crippen molar-refractivity contribution in [2.45, 2.75) is 6.54 Å². The van der Waals surface area contributed by atoms with Gasteiger partial charge in [-0.05, 0) is 41.7 Å². The van der Waals surface area contributed by atoms with E-state index in [4.69, 9.17) is 0 Å². The largest absolute Gasteiger partial charge is 0.305 e. The molecular formula is C8H11BrN2. The van der Waals surface area contributed by atoms with Gasteiger partial charge in [-0.3, -0.25) is 0 Å².